The predicted octanol–water partition coefficient (Wildman–Crippen LogP) is 1.35. The van der Waals surface area contributed by atoms with Crippen LogP contribution in [0.5, 0.6) is 0 Å². The molecule has 104 valence electrons. The quantitative estimate of drug-likeness (QED) is 0.874. The molecule has 0 atom stereocenters. The van der Waals surface area contributed by atoms with Crippen LogP contribution in [-0.2, 0) is 16.0 Å². The van der Waals surface area contributed by atoms with Crippen LogP contribution in [0, 0.1) is 5.82 Å². The van der Waals surface area contributed by atoms with Gasteiger partial charge in [-0.25, -0.2) is 4.39 Å². The van der Waals surface area contributed by atoms with Crippen molar-refractivity contribution in [2.75, 3.05) is 13.6 Å². The van der Waals surface area contributed by atoms with E-state index in [0.29, 0.717) is 5.56 Å². The molecule has 5 heteroatoms. The fourth-order valence-electron chi connectivity index (χ4n) is 1.61. The number of carbonyl (C=O) groups excluding carboxylic acids is 2. The van der Waals surface area contributed by atoms with Crippen LogP contribution >= 0.6 is 0 Å². The fourth-order valence-corrected chi connectivity index (χ4v) is 1.61. The molecule has 0 unspecified atom stereocenters. The Hall–Kier alpha value is -1.91. The third-order valence-electron chi connectivity index (χ3n) is 2.56. The van der Waals surface area contributed by atoms with Crippen molar-refractivity contribution in [3.05, 3.63) is 35.6 Å². The summed E-state index contributed by atoms with van der Waals surface area (Å²) in [6, 6.07) is 6.16. The number of nitrogens with one attached hydrogen (secondary N) is 1. The summed E-state index contributed by atoms with van der Waals surface area (Å²) in [4.78, 5) is 24.7. The SMILES string of the molecule is CC(C)NC(=O)CN(C)C(=O)Cc1ccccc1F. The van der Waals surface area contributed by atoms with Gasteiger partial charge < -0.3 is 10.2 Å². The zero-order valence-electron chi connectivity index (χ0n) is 11.4. The van der Waals surface area contributed by atoms with E-state index in [-0.39, 0.29) is 30.8 Å². The van der Waals surface area contributed by atoms with E-state index in [1.807, 2.05) is 13.8 Å². The third kappa shape index (κ3) is 5.07. The summed E-state index contributed by atoms with van der Waals surface area (Å²) in [5.74, 6) is -0.917. The van der Waals surface area contributed by atoms with Gasteiger partial charge in [-0.15, -0.1) is 0 Å². The van der Waals surface area contributed by atoms with Crippen molar-refractivity contribution in [1.82, 2.24) is 10.2 Å². The second kappa shape index (κ2) is 6.87. The Bertz CT molecular complexity index is 461. The van der Waals surface area contributed by atoms with E-state index in [9.17, 15) is 14.0 Å². The van der Waals surface area contributed by atoms with Gasteiger partial charge in [0, 0.05) is 13.1 Å². The average Bonchev–Trinajstić information content (AvgIpc) is 2.30. The highest BCUT2D eigenvalue weighted by atomic mass is 19.1. The highest BCUT2D eigenvalue weighted by Crippen LogP contribution is 2.08. The Morgan fingerprint density at radius 1 is 1.32 bits per heavy atom. The Morgan fingerprint density at radius 2 is 1.95 bits per heavy atom. The molecule has 0 spiro atoms. The predicted molar refractivity (Wildman–Crippen MR) is 71.0 cm³/mol. The Morgan fingerprint density at radius 3 is 2.53 bits per heavy atom. The average molecular weight is 266 g/mol. The molecular formula is C14H19FN2O2. The van der Waals surface area contributed by atoms with Crippen LogP contribution < -0.4 is 5.32 Å². The lowest BCUT2D eigenvalue weighted by molar-refractivity contribution is -0.134. The zero-order chi connectivity index (χ0) is 14.4. The number of benzene rings is 1. The first kappa shape index (κ1) is 15.1. The van der Waals surface area contributed by atoms with Gasteiger partial charge in [0.1, 0.15) is 5.82 Å². The molecule has 0 fully saturated rings. The summed E-state index contributed by atoms with van der Waals surface area (Å²) in [7, 11) is 1.53. The molecule has 0 aliphatic heterocycles. The molecule has 1 N–H and O–H groups in total. The van der Waals surface area contributed by atoms with Gasteiger partial charge in [-0.3, -0.25) is 9.59 Å². The molecule has 0 aromatic heterocycles. The monoisotopic (exact) mass is 266 g/mol. The molecule has 0 bridgehead atoms. The van der Waals surface area contributed by atoms with Crippen molar-refractivity contribution in [3.63, 3.8) is 0 Å². The standard InChI is InChI=1S/C14H19FN2O2/c1-10(2)16-13(18)9-17(3)14(19)8-11-6-4-5-7-12(11)15/h4-7,10H,8-9H2,1-3H3,(H,16,18). The van der Waals surface area contributed by atoms with Gasteiger partial charge in [-0.05, 0) is 25.5 Å². The molecule has 0 aliphatic rings. The first-order chi connectivity index (χ1) is 8.90. The van der Waals surface area contributed by atoms with Gasteiger partial charge in [0.15, 0.2) is 0 Å². The van der Waals surface area contributed by atoms with Crippen molar-refractivity contribution in [2.24, 2.45) is 0 Å². The molecule has 0 aliphatic carbocycles. The molecule has 0 saturated carbocycles. The van der Waals surface area contributed by atoms with E-state index >= 15 is 0 Å². The summed E-state index contributed by atoms with van der Waals surface area (Å²) in [6.07, 6.45) is -0.0435. The van der Waals surface area contributed by atoms with Crippen LogP contribution in [0.15, 0.2) is 24.3 Å². The summed E-state index contributed by atoms with van der Waals surface area (Å²) in [5, 5.41) is 2.70. The summed E-state index contributed by atoms with van der Waals surface area (Å²) < 4.78 is 13.4. The highest BCUT2D eigenvalue weighted by molar-refractivity contribution is 5.85. The maximum Gasteiger partial charge on any atom is 0.239 e. The number of likely N-dealkylation sites (N-methyl/N-ethyl adjacent to an activating group) is 1. The van der Waals surface area contributed by atoms with Crippen LogP contribution in [-0.4, -0.2) is 36.3 Å². The van der Waals surface area contributed by atoms with Gasteiger partial charge >= 0.3 is 0 Å². The minimum Gasteiger partial charge on any atom is -0.352 e. The number of amides is 2. The summed E-state index contributed by atoms with van der Waals surface area (Å²) >= 11 is 0. The second-order valence-electron chi connectivity index (χ2n) is 4.74. The first-order valence-electron chi connectivity index (χ1n) is 6.17. The molecule has 0 saturated heterocycles. The fraction of sp³-hybridized carbons (Fsp3) is 0.429. The minimum absolute atomic E-state index is 0.0224. The van der Waals surface area contributed by atoms with Crippen molar-refractivity contribution < 1.29 is 14.0 Å². The summed E-state index contributed by atoms with van der Waals surface area (Å²) in [5.41, 5.74) is 0.337. The van der Waals surface area contributed by atoms with Crippen LogP contribution in [0.1, 0.15) is 19.4 Å². The van der Waals surface area contributed by atoms with Gasteiger partial charge in [-0.2, -0.15) is 0 Å². The van der Waals surface area contributed by atoms with Gasteiger partial charge in [0.05, 0.1) is 13.0 Å². The largest absolute Gasteiger partial charge is 0.352 e. The molecule has 1 aromatic carbocycles. The van der Waals surface area contributed by atoms with E-state index in [0.717, 1.165) is 0 Å². The van der Waals surface area contributed by atoms with Crippen LogP contribution in [0.3, 0.4) is 0 Å². The van der Waals surface area contributed by atoms with Crippen LogP contribution in [0.4, 0.5) is 4.39 Å². The minimum atomic E-state index is -0.407. The maximum absolute atomic E-state index is 13.4. The molecule has 2 amide bonds. The Balaban J connectivity index is 2.54. The van der Waals surface area contributed by atoms with E-state index in [4.69, 9.17) is 0 Å². The van der Waals surface area contributed by atoms with Crippen molar-refractivity contribution >= 4 is 11.8 Å². The van der Waals surface area contributed by atoms with E-state index < -0.39 is 5.82 Å². The summed E-state index contributed by atoms with van der Waals surface area (Å²) in [6.45, 7) is 3.67. The Kier molecular flexibility index (Phi) is 5.48. The smallest absolute Gasteiger partial charge is 0.239 e. The normalized spacial score (nSPS) is 10.4. The molecule has 0 heterocycles. The van der Waals surface area contributed by atoms with Gasteiger partial charge in [-0.1, -0.05) is 18.2 Å². The molecular weight excluding hydrogens is 247 g/mol. The number of nitrogens with zero attached hydrogens (tertiary/aromatic N) is 1. The number of hydrogen-bond acceptors (Lipinski definition) is 2. The number of rotatable bonds is 5. The number of hydrogen-bond donors (Lipinski definition) is 1. The highest BCUT2D eigenvalue weighted by Gasteiger charge is 2.15. The lowest BCUT2D eigenvalue weighted by Gasteiger charge is -2.18. The lowest BCUT2D eigenvalue weighted by Crippen LogP contribution is -2.41. The lowest BCUT2D eigenvalue weighted by atomic mass is 10.1. The molecule has 1 aromatic rings. The van der Waals surface area contributed by atoms with Crippen molar-refractivity contribution in [3.8, 4) is 0 Å². The van der Waals surface area contributed by atoms with E-state index in [1.165, 1.54) is 18.0 Å². The van der Waals surface area contributed by atoms with Gasteiger partial charge in [0.25, 0.3) is 0 Å². The number of halogens is 1. The first-order valence-corrected chi connectivity index (χ1v) is 6.17. The number of carbonyl (C=O) groups is 2. The topological polar surface area (TPSA) is 49.4 Å². The third-order valence-corrected chi connectivity index (χ3v) is 2.56. The van der Waals surface area contributed by atoms with Crippen molar-refractivity contribution in [2.45, 2.75) is 26.3 Å². The van der Waals surface area contributed by atoms with Crippen LogP contribution in [0.2, 0.25) is 0 Å². The maximum atomic E-state index is 13.4. The van der Waals surface area contributed by atoms with E-state index in [1.54, 1.807) is 18.2 Å². The van der Waals surface area contributed by atoms with Crippen molar-refractivity contribution in [1.29, 1.82) is 0 Å². The van der Waals surface area contributed by atoms with Crippen LogP contribution in [0.25, 0.3) is 0 Å². The molecule has 19 heavy (non-hydrogen) atoms. The second-order valence-corrected chi connectivity index (χ2v) is 4.74. The zero-order valence-corrected chi connectivity index (χ0v) is 11.4. The Labute approximate surface area is 112 Å². The van der Waals surface area contributed by atoms with Gasteiger partial charge in [0.2, 0.25) is 11.8 Å². The molecule has 0 radical (unpaired) electrons. The molecule has 1 rings (SSSR count). The molecule has 4 nitrogen and oxygen atoms in total. The van der Waals surface area contributed by atoms with E-state index in [2.05, 4.69) is 5.32 Å².